The lowest BCUT2D eigenvalue weighted by Crippen LogP contribution is -2.60. The Kier molecular flexibility index (Phi) is 17.2. The van der Waals surface area contributed by atoms with E-state index in [-0.39, 0.29) is 6.61 Å². The minimum atomic E-state index is -1.52. The van der Waals surface area contributed by atoms with Gasteiger partial charge in [-0.1, -0.05) is 58.0 Å². The Hall–Kier alpha value is -5.02. The average molecular weight is 719 g/mol. The van der Waals surface area contributed by atoms with Crippen LogP contribution in [0.25, 0.3) is 0 Å². The van der Waals surface area contributed by atoms with Crippen LogP contribution in [-0.2, 0) is 49.6 Å². The molecule has 16 heteroatoms. The molecule has 1 rings (SSSR count). The molecule has 1 aromatic carbocycles. The highest BCUT2D eigenvalue weighted by molar-refractivity contribution is 6.38. The van der Waals surface area contributed by atoms with E-state index in [1.54, 1.807) is 78.8 Å². The van der Waals surface area contributed by atoms with Crippen LogP contribution in [-0.4, -0.2) is 102 Å². The number of rotatable bonds is 17. The van der Waals surface area contributed by atoms with E-state index < -0.39 is 101 Å². The van der Waals surface area contributed by atoms with Crippen LogP contribution in [0.2, 0.25) is 0 Å². The zero-order valence-electron chi connectivity index (χ0n) is 31.4. The van der Waals surface area contributed by atoms with E-state index in [9.17, 15) is 38.4 Å². The lowest BCUT2D eigenvalue weighted by molar-refractivity contribution is -0.149. The summed E-state index contributed by atoms with van der Waals surface area (Å²) in [4.78, 5) is 104. The molecular weight excluding hydrogens is 664 g/mol. The van der Waals surface area contributed by atoms with Crippen LogP contribution in [0.5, 0.6) is 0 Å². The van der Waals surface area contributed by atoms with Gasteiger partial charge in [-0.2, -0.15) is 0 Å². The zero-order chi connectivity index (χ0) is 39.2. The maximum atomic E-state index is 13.5. The maximum absolute atomic E-state index is 13.5. The van der Waals surface area contributed by atoms with Crippen LogP contribution in [0.3, 0.4) is 0 Å². The number of esters is 1. The molecule has 0 spiro atoms. The lowest BCUT2D eigenvalue weighted by Gasteiger charge is -2.29. The number of hydrogen-bond donors (Lipinski definition) is 5. The smallest absolute Gasteiger partial charge is 0.408 e. The van der Waals surface area contributed by atoms with Gasteiger partial charge in [-0.15, -0.1) is 0 Å². The van der Waals surface area contributed by atoms with Gasteiger partial charge >= 0.3 is 12.1 Å². The van der Waals surface area contributed by atoms with Gasteiger partial charge in [0.25, 0.3) is 5.91 Å². The van der Waals surface area contributed by atoms with Gasteiger partial charge in [0.2, 0.25) is 29.4 Å². The molecule has 284 valence electrons. The molecule has 1 aromatic rings. The number of ether oxygens (including phenoxy) is 2. The summed E-state index contributed by atoms with van der Waals surface area (Å²) in [6, 6.07) is 2.43. The van der Waals surface area contributed by atoms with Gasteiger partial charge in [0.1, 0.15) is 36.4 Å². The number of alkyl carbamates (subject to hydrolysis) is 1. The van der Waals surface area contributed by atoms with Gasteiger partial charge in [-0.05, 0) is 52.0 Å². The molecule has 0 bridgehead atoms. The molecule has 0 fully saturated rings. The lowest BCUT2D eigenvalue weighted by atomic mass is 9.99. The fourth-order valence-corrected chi connectivity index (χ4v) is 4.33. The van der Waals surface area contributed by atoms with Crippen LogP contribution < -0.4 is 26.6 Å². The van der Waals surface area contributed by atoms with Gasteiger partial charge in [0, 0.05) is 14.1 Å². The molecule has 5 N–H and O–H groups in total. The molecule has 6 amide bonds. The summed E-state index contributed by atoms with van der Waals surface area (Å²) < 4.78 is 10.4. The van der Waals surface area contributed by atoms with Gasteiger partial charge in [-0.3, -0.25) is 28.8 Å². The Morgan fingerprint density at radius 1 is 0.686 bits per heavy atom. The summed E-state index contributed by atoms with van der Waals surface area (Å²) >= 11 is 0. The number of amides is 6. The Morgan fingerprint density at radius 2 is 1.22 bits per heavy atom. The van der Waals surface area contributed by atoms with Gasteiger partial charge < -0.3 is 41.0 Å². The number of Topliss-reactive ketones (excluding diaryl/α,β-unsaturated/α-hetero) is 1. The first-order chi connectivity index (χ1) is 23.5. The molecular formula is C35H54N6O10. The molecule has 0 aliphatic carbocycles. The third-order valence-electron chi connectivity index (χ3n) is 7.28. The third-order valence-corrected chi connectivity index (χ3v) is 7.28. The molecule has 16 nitrogen and oxygen atoms in total. The summed E-state index contributed by atoms with van der Waals surface area (Å²) in [5, 5.41) is 12.2. The average Bonchev–Trinajstić information content (AvgIpc) is 3.02. The molecule has 0 saturated carbocycles. The highest BCUT2D eigenvalue weighted by Crippen LogP contribution is 2.11. The van der Waals surface area contributed by atoms with Crippen molar-refractivity contribution in [1.29, 1.82) is 0 Å². The molecule has 0 radical (unpaired) electrons. The number of nitrogens with zero attached hydrogens (tertiary/aromatic N) is 1. The molecule has 51 heavy (non-hydrogen) atoms. The van der Waals surface area contributed by atoms with Crippen molar-refractivity contribution in [2.75, 3.05) is 14.1 Å². The van der Waals surface area contributed by atoms with E-state index in [0.717, 1.165) is 5.56 Å². The SMILES string of the molecule is CC(NC(=O)[C@H](CC(=O)N(C)C)NC(=O)[C@@H](NC(=O)C(NC(=O)OC(C)(C)C)C(C)C)C(C)C)C(=O)C(=O)N[C@H](C)C(=O)OCc1ccccc1. The van der Waals surface area contributed by atoms with Gasteiger partial charge in [0.15, 0.2) is 0 Å². The fraction of sp³-hybridized carbons (Fsp3) is 0.600. The second-order valence-corrected chi connectivity index (χ2v) is 14.0. The second-order valence-electron chi connectivity index (χ2n) is 14.0. The van der Waals surface area contributed by atoms with E-state index in [2.05, 4.69) is 26.6 Å². The van der Waals surface area contributed by atoms with Crippen molar-refractivity contribution in [2.45, 2.75) is 111 Å². The third kappa shape index (κ3) is 15.6. The second kappa shape index (κ2) is 20.0. The van der Waals surface area contributed by atoms with Crippen molar-refractivity contribution in [3.05, 3.63) is 35.9 Å². The molecule has 2 unspecified atom stereocenters. The van der Waals surface area contributed by atoms with Crippen molar-refractivity contribution in [1.82, 2.24) is 31.5 Å². The first-order valence-electron chi connectivity index (χ1n) is 16.7. The quantitative estimate of drug-likeness (QED) is 0.114. The normalized spacial score (nSPS) is 14.1. The Labute approximate surface area is 299 Å². The van der Waals surface area contributed by atoms with Crippen LogP contribution >= 0.6 is 0 Å². The predicted molar refractivity (Wildman–Crippen MR) is 186 cm³/mol. The number of carbonyl (C=O) groups excluding carboxylic acids is 8. The predicted octanol–water partition coefficient (Wildman–Crippen LogP) is 0.962. The monoisotopic (exact) mass is 718 g/mol. The Morgan fingerprint density at radius 3 is 1.73 bits per heavy atom. The summed E-state index contributed by atoms with van der Waals surface area (Å²) in [6.45, 7) is 14.2. The van der Waals surface area contributed by atoms with Crippen molar-refractivity contribution in [2.24, 2.45) is 11.8 Å². The molecule has 0 aliphatic heterocycles. The van der Waals surface area contributed by atoms with Crippen molar-refractivity contribution >= 4 is 47.4 Å². The van der Waals surface area contributed by atoms with Crippen LogP contribution in [0.4, 0.5) is 4.79 Å². The van der Waals surface area contributed by atoms with E-state index in [4.69, 9.17) is 9.47 Å². The van der Waals surface area contributed by atoms with E-state index >= 15 is 0 Å². The van der Waals surface area contributed by atoms with E-state index in [1.165, 1.54) is 32.8 Å². The number of nitrogens with one attached hydrogen (secondary N) is 5. The van der Waals surface area contributed by atoms with Crippen LogP contribution in [0.15, 0.2) is 30.3 Å². The summed E-state index contributed by atoms with van der Waals surface area (Å²) in [6.07, 6.45) is -1.34. The summed E-state index contributed by atoms with van der Waals surface area (Å²) in [7, 11) is 2.89. The van der Waals surface area contributed by atoms with Crippen molar-refractivity contribution in [3.8, 4) is 0 Å². The molecule has 0 aliphatic rings. The van der Waals surface area contributed by atoms with Gasteiger partial charge in [-0.25, -0.2) is 9.59 Å². The number of carbonyl (C=O) groups is 8. The Balaban J connectivity index is 3.02. The molecule has 0 aromatic heterocycles. The fourth-order valence-electron chi connectivity index (χ4n) is 4.33. The zero-order valence-corrected chi connectivity index (χ0v) is 31.4. The topological polar surface area (TPSA) is 218 Å². The minimum absolute atomic E-state index is 0.0400. The Bertz CT molecular complexity index is 1410. The molecule has 0 heterocycles. The first kappa shape index (κ1) is 44.0. The number of ketones is 1. The van der Waals surface area contributed by atoms with Crippen molar-refractivity contribution < 1.29 is 47.8 Å². The molecule has 0 saturated heterocycles. The summed E-state index contributed by atoms with van der Waals surface area (Å²) in [5.41, 5.74) is -0.0913. The highest BCUT2D eigenvalue weighted by Gasteiger charge is 2.35. The van der Waals surface area contributed by atoms with E-state index in [0.29, 0.717) is 0 Å². The summed E-state index contributed by atoms with van der Waals surface area (Å²) in [5.74, 6) is -6.95. The standard InChI is InChI=1S/C35H54N6O10/c1-19(2)26(39-31(46)27(20(3)4)40-34(49)51-35(7,8)9)30(45)38-24(17-25(42)41(10)11)29(44)36-21(5)28(43)32(47)37-22(6)33(48)50-18-23-15-13-12-14-16-23/h12-16,19-22,24,26-27H,17-18H2,1-11H3,(H,36,44)(H,37,47)(H,38,45)(H,39,46)(H,40,49)/t21?,22-,24+,26+,27?/m1/s1. The van der Waals surface area contributed by atoms with Gasteiger partial charge in [0.05, 0.1) is 12.5 Å². The maximum Gasteiger partial charge on any atom is 0.408 e. The largest absolute Gasteiger partial charge is 0.459 e. The highest BCUT2D eigenvalue weighted by atomic mass is 16.6. The number of benzene rings is 1. The molecule has 5 atom stereocenters. The van der Waals surface area contributed by atoms with Crippen LogP contribution in [0.1, 0.15) is 74.3 Å². The first-order valence-corrected chi connectivity index (χ1v) is 16.7. The number of hydrogen-bond acceptors (Lipinski definition) is 10. The minimum Gasteiger partial charge on any atom is -0.459 e. The van der Waals surface area contributed by atoms with E-state index in [1.807, 2.05) is 0 Å². The van der Waals surface area contributed by atoms with Crippen molar-refractivity contribution in [3.63, 3.8) is 0 Å². The van der Waals surface area contributed by atoms with Crippen LogP contribution in [0, 0.1) is 11.8 Å².